The zero-order chi connectivity index (χ0) is 17.2. The zero-order valence-electron chi connectivity index (χ0n) is 14.5. The van der Waals surface area contributed by atoms with Crippen LogP contribution in [0.3, 0.4) is 0 Å². The van der Waals surface area contributed by atoms with Crippen LogP contribution in [0.2, 0.25) is 0 Å². The maximum Gasteiger partial charge on any atom is 0.227 e. The summed E-state index contributed by atoms with van der Waals surface area (Å²) in [5.41, 5.74) is -0.814. The molecule has 3 heterocycles. The number of carbonyl (C=O) groups is 1. The second-order valence-electron chi connectivity index (χ2n) is 7.21. The highest BCUT2D eigenvalue weighted by atomic mass is 16.5. The molecule has 0 aliphatic carbocycles. The van der Waals surface area contributed by atoms with Crippen LogP contribution in [0.5, 0.6) is 0 Å². The minimum absolute atomic E-state index is 0.0551. The molecule has 1 amide bonds. The molecule has 2 atom stereocenters. The normalized spacial score (nSPS) is 26.4. The molecule has 2 aliphatic rings. The molecule has 2 fully saturated rings. The fraction of sp³-hybridized carbons (Fsp3) is 0.667. The van der Waals surface area contributed by atoms with Gasteiger partial charge in [0.15, 0.2) is 0 Å². The average Bonchev–Trinajstić information content (AvgIpc) is 2.97. The van der Waals surface area contributed by atoms with Crippen LogP contribution in [-0.4, -0.2) is 66.4 Å². The standard InChI is InChI=1S/C18H27N3O3/c1-14-11-21(16-5-3-4-8-19-16)12-15(14)17(22)20(2)13-18(23)6-9-24-10-7-18/h3-5,8,14-15,23H,6-7,9-13H2,1-2H3/t14-,15-/m1/s1. The van der Waals surface area contributed by atoms with Gasteiger partial charge in [-0.3, -0.25) is 4.79 Å². The van der Waals surface area contributed by atoms with Crippen LogP contribution in [0.25, 0.3) is 0 Å². The third-order valence-electron chi connectivity index (χ3n) is 5.23. The van der Waals surface area contributed by atoms with Crippen molar-refractivity contribution in [3.05, 3.63) is 24.4 Å². The average molecular weight is 333 g/mol. The Hall–Kier alpha value is -1.66. The molecule has 1 aromatic heterocycles. The smallest absolute Gasteiger partial charge is 0.227 e. The molecular weight excluding hydrogens is 306 g/mol. The van der Waals surface area contributed by atoms with Gasteiger partial charge in [0.1, 0.15) is 5.82 Å². The van der Waals surface area contributed by atoms with E-state index >= 15 is 0 Å². The summed E-state index contributed by atoms with van der Waals surface area (Å²) >= 11 is 0. The van der Waals surface area contributed by atoms with E-state index in [1.54, 1.807) is 18.1 Å². The van der Waals surface area contributed by atoms with E-state index < -0.39 is 5.60 Å². The van der Waals surface area contributed by atoms with Gasteiger partial charge >= 0.3 is 0 Å². The quantitative estimate of drug-likeness (QED) is 0.895. The summed E-state index contributed by atoms with van der Waals surface area (Å²) in [6, 6.07) is 5.84. The number of amides is 1. The van der Waals surface area contributed by atoms with Crippen LogP contribution in [0.1, 0.15) is 19.8 Å². The second kappa shape index (κ2) is 7.07. The van der Waals surface area contributed by atoms with Crippen molar-refractivity contribution in [1.82, 2.24) is 9.88 Å². The molecule has 132 valence electrons. The Balaban J connectivity index is 1.62. The van der Waals surface area contributed by atoms with Crippen LogP contribution in [-0.2, 0) is 9.53 Å². The molecule has 2 saturated heterocycles. The van der Waals surface area contributed by atoms with Crippen LogP contribution >= 0.6 is 0 Å². The number of aliphatic hydroxyl groups is 1. The van der Waals surface area contributed by atoms with Crippen molar-refractivity contribution in [3.8, 4) is 0 Å². The number of carbonyl (C=O) groups excluding carboxylic acids is 1. The van der Waals surface area contributed by atoms with Gasteiger partial charge in [-0.15, -0.1) is 0 Å². The van der Waals surface area contributed by atoms with Gasteiger partial charge in [-0.05, 0) is 18.1 Å². The van der Waals surface area contributed by atoms with E-state index in [1.165, 1.54) is 0 Å². The lowest BCUT2D eigenvalue weighted by atomic mass is 9.92. The van der Waals surface area contributed by atoms with Crippen molar-refractivity contribution in [2.24, 2.45) is 11.8 Å². The van der Waals surface area contributed by atoms with Crippen molar-refractivity contribution in [2.45, 2.75) is 25.4 Å². The molecule has 0 unspecified atom stereocenters. The van der Waals surface area contributed by atoms with E-state index in [4.69, 9.17) is 4.74 Å². The predicted molar refractivity (Wildman–Crippen MR) is 91.7 cm³/mol. The summed E-state index contributed by atoms with van der Waals surface area (Å²) in [4.78, 5) is 21.1. The van der Waals surface area contributed by atoms with Gasteiger partial charge in [-0.2, -0.15) is 0 Å². The Morgan fingerprint density at radius 1 is 1.42 bits per heavy atom. The summed E-state index contributed by atoms with van der Waals surface area (Å²) in [6.45, 7) is 5.13. The van der Waals surface area contributed by atoms with Crippen molar-refractivity contribution in [2.75, 3.05) is 44.8 Å². The maximum absolute atomic E-state index is 12.9. The van der Waals surface area contributed by atoms with Crippen molar-refractivity contribution < 1.29 is 14.6 Å². The van der Waals surface area contributed by atoms with E-state index in [1.807, 2.05) is 18.2 Å². The first-order valence-corrected chi connectivity index (χ1v) is 8.70. The summed E-state index contributed by atoms with van der Waals surface area (Å²) in [5.74, 6) is 1.25. The predicted octanol–water partition coefficient (Wildman–Crippen LogP) is 1.15. The first kappa shape index (κ1) is 17.2. The van der Waals surface area contributed by atoms with Gasteiger partial charge in [0.2, 0.25) is 5.91 Å². The van der Waals surface area contributed by atoms with Gasteiger partial charge < -0.3 is 19.6 Å². The third kappa shape index (κ3) is 3.70. The Morgan fingerprint density at radius 3 is 2.83 bits per heavy atom. The minimum Gasteiger partial charge on any atom is -0.388 e. The third-order valence-corrected chi connectivity index (χ3v) is 5.23. The summed E-state index contributed by atoms with van der Waals surface area (Å²) in [5, 5.41) is 10.6. The van der Waals surface area contributed by atoms with E-state index in [-0.39, 0.29) is 17.7 Å². The number of anilines is 1. The maximum atomic E-state index is 12.9. The molecule has 0 saturated carbocycles. The zero-order valence-corrected chi connectivity index (χ0v) is 14.5. The first-order chi connectivity index (χ1) is 11.5. The molecule has 1 N–H and O–H groups in total. The van der Waals surface area contributed by atoms with Crippen LogP contribution in [0, 0.1) is 11.8 Å². The summed E-state index contributed by atoms with van der Waals surface area (Å²) in [7, 11) is 1.80. The van der Waals surface area contributed by atoms with Gasteiger partial charge in [-0.25, -0.2) is 4.98 Å². The largest absolute Gasteiger partial charge is 0.388 e. The summed E-state index contributed by atoms with van der Waals surface area (Å²) < 4.78 is 5.31. The van der Waals surface area contributed by atoms with Gasteiger partial charge in [0, 0.05) is 58.9 Å². The highest BCUT2D eigenvalue weighted by Crippen LogP contribution is 2.29. The minimum atomic E-state index is -0.814. The van der Waals surface area contributed by atoms with E-state index in [0.29, 0.717) is 39.1 Å². The molecule has 0 spiro atoms. The molecule has 0 radical (unpaired) electrons. The number of likely N-dealkylation sites (N-methyl/N-ethyl adjacent to an activating group) is 1. The molecule has 3 rings (SSSR count). The fourth-order valence-corrected chi connectivity index (χ4v) is 3.73. The van der Waals surface area contributed by atoms with Gasteiger partial charge in [0.05, 0.1) is 11.5 Å². The van der Waals surface area contributed by atoms with E-state index in [9.17, 15) is 9.90 Å². The number of ether oxygens (including phenoxy) is 1. The van der Waals surface area contributed by atoms with Crippen molar-refractivity contribution in [1.29, 1.82) is 0 Å². The Bertz CT molecular complexity index is 560. The molecule has 2 aliphatic heterocycles. The molecule has 0 aromatic carbocycles. The Morgan fingerprint density at radius 2 is 2.17 bits per heavy atom. The van der Waals surface area contributed by atoms with Crippen LogP contribution < -0.4 is 4.90 Å². The lowest BCUT2D eigenvalue weighted by Crippen LogP contribution is -2.49. The van der Waals surface area contributed by atoms with Crippen LogP contribution in [0.15, 0.2) is 24.4 Å². The monoisotopic (exact) mass is 333 g/mol. The molecule has 6 nitrogen and oxygen atoms in total. The van der Waals surface area contributed by atoms with Gasteiger partial charge in [0.25, 0.3) is 0 Å². The number of aromatic nitrogens is 1. The number of hydrogen-bond donors (Lipinski definition) is 1. The van der Waals surface area contributed by atoms with Crippen LogP contribution in [0.4, 0.5) is 5.82 Å². The van der Waals surface area contributed by atoms with E-state index in [0.717, 1.165) is 12.4 Å². The lowest BCUT2D eigenvalue weighted by molar-refractivity contribution is -0.141. The van der Waals surface area contributed by atoms with Gasteiger partial charge in [-0.1, -0.05) is 13.0 Å². The Labute approximate surface area is 143 Å². The number of pyridine rings is 1. The van der Waals surface area contributed by atoms with Crippen molar-refractivity contribution >= 4 is 11.7 Å². The number of hydrogen-bond acceptors (Lipinski definition) is 5. The molecule has 1 aromatic rings. The first-order valence-electron chi connectivity index (χ1n) is 8.70. The second-order valence-corrected chi connectivity index (χ2v) is 7.21. The summed E-state index contributed by atoms with van der Waals surface area (Å²) in [6.07, 6.45) is 2.96. The fourth-order valence-electron chi connectivity index (χ4n) is 3.73. The highest BCUT2D eigenvalue weighted by Gasteiger charge is 2.39. The highest BCUT2D eigenvalue weighted by molar-refractivity contribution is 5.80. The topological polar surface area (TPSA) is 65.9 Å². The molecule has 6 heteroatoms. The number of rotatable bonds is 4. The SMILES string of the molecule is C[C@@H]1CN(c2ccccn2)C[C@H]1C(=O)N(C)CC1(O)CCOCC1. The van der Waals surface area contributed by atoms with Crippen molar-refractivity contribution in [3.63, 3.8) is 0 Å². The lowest BCUT2D eigenvalue weighted by Gasteiger charge is -2.36. The van der Waals surface area contributed by atoms with E-state index in [2.05, 4.69) is 16.8 Å². The molecule has 24 heavy (non-hydrogen) atoms. The Kier molecular flexibility index (Phi) is 5.06. The molecular formula is C18H27N3O3. The molecule has 0 bridgehead atoms. The number of nitrogens with zero attached hydrogens (tertiary/aromatic N) is 3.